The normalized spacial score (nSPS) is 14.6. The smallest absolute Gasteiger partial charge is 0.409 e. The van der Waals surface area contributed by atoms with Crippen molar-refractivity contribution in [2.24, 2.45) is 5.10 Å². The van der Waals surface area contributed by atoms with Crippen LogP contribution in [0.4, 0.5) is 32.4 Å². The molecule has 0 aliphatic carbocycles. The summed E-state index contributed by atoms with van der Waals surface area (Å²) in [6.45, 7) is 2.45. The molecular weight excluding hydrogens is 337 g/mol. The number of hydrazone groups is 1. The molecule has 1 fully saturated rings. The number of piperidine rings is 1. The van der Waals surface area contributed by atoms with Crippen molar-refractivity contribution in [1.29, 1.82) is 0 Å². The molecule has 1 aliphatic heterocycles. The molecule has 1 heterocycles. The Morgan fingerprint density at radius 3 is 2.04 bits per heavy atom. The summed E-state index contributed by atoms with van der Waals surface area (Å²) in [5, 5.41) is 3.68. The maximum absolute atomic E-state index is 13.5. The zero-order valence-corrected chi connectivity index (χ0v) is 12.6. The average molecular weight is 351 g/mol. The first-order valence-corrected chi connectivity index (χ1v) is 7.11. The van der Waals surface area contributed by atoms with E-state index in [2.05, 4.69) is 5.10 Å². The number of amides is 1. The number of benzene rings is 1. The molecule has 0 unspecified atom stereocenters. The molecule has 0 bridgehead atoms. The highest BCUT2D eigenvalue weighted by Crippen LogP contribution is 2.27. The first kappa shape index (κ1) is 18.0. The lowest BCUT2D eigenvalue weighted by molar-refractivity contribution is 0.107. The molecule has 2 rings (SSSR count). The molecule has 1 N–H and O–H groups in total. The summed E-state index contributed by atoms with van der Waals surface area (Å²) in [6.07, 6.45) is 0.0758. The number of anilines is 1. The molecule has 0 aromatic heterocycles. The van der Waals surface area contributed by atoms with Gasteiger partial charge in [-0.3, -0.25) is 5.43 Å². The van der Waals surface area contributed by atoms with Gasteiger partial charge in [0.05, 0.1) is 6.61 Å². The van der Waals surface area contributed by atoms with Crippen LogP contribution in [-0.2, 0) is 4.74 Å². The van der Waals surface area contributed by atoms with Crippen molar-refractivity contribution in [3.8, 4) is 0 Å². The van der Waals surface area contributed by atoms with E-state index in [1.54, 1.807) is 6.92 Å². The SMILES string of the molecule is CCOC(=O)N1CCC(=NNc2c(F)c(F)c(F)c(F)c2F)CC1. The van der Waals surface area contributed by atoms with Crippen LogP contribution >= 0.6 is 0 Å². The number of rotatable bonds is 3. The molecule has 5 nitrogen and oxygen atoms in total. The van der Waals surface area contributed by atoms with E-state index in [-0.39, 0.29) is 32.5 Å². The third-order valence-electron chi connectivity index (χ3n) is 3.40. The van der Waals surface area contributed by atoms with E-state index in [0.29, 0.717) is 5.71 Å². The van der Waals surface area contributed by atoms with Gasteiger partial charge >= 0.3 is 6.09 Å². The van der Waals surface area contributed by atoms with Crippen LogP contribution in [0.2, 0.25) is 0 Å². The number of nitrogens with zero attached hydrogens (tertiary/aromatic N) is 2. The summed E-state index contributed by atoms with van der Waals surface area (Å²) >= 11 is 0. The average Bonchev–Trinajstić information content (AvgIpc) is 2.59. The van der Waals surface area contributed by atoms with Gasteiger partial charge in [-0.05, 0) is 6.92 Å². The Kier molecular flexibility index (Phi) is 5.58. The molecule has 1 amide bonds. The van der Waals surface area contributed by atoms with Crippen molar-refractivity contribution in [3.63, 3.8) is 0 Å². The van der Waals surface area contributed by atoms with E-state index in [9.17, 15) is 26.7 Å². The van der Waals surface area contributed by atoms with E-state index >= 15 is 0 Å². The van der Waals surface area contributed by atoms with Gasteiger partial charge in [0.1, 0.15) is 5.69 Å². The lowest BCUT2D eigenvalue weighted by Gasteiger charge is -2.26. The summed E-state index contributed by atoms with van der Waals surface area (Å²) in [7, 11) is 0. The summed E-state index contributed by atoms with van der Waals surface area (Å²) < 4.78 is 70.9. The number of ether oxygens (including phenoxy) is 1. The van der Waals surface area contributed by atoms with Crippen molar-refractivity contribution in [1.82, 2.24) is 4.90 Å². The number of likely N-dealkylation sites (tertiary alicyclic amines) is 1. The topological polar surface area (TPSA) is 53.9 Å². The number of carbonyl (C=O) groups excluding carboxylic acids is 1. The molecule has 1 aromatic rings. The number of hydrogen-bond donors (Lipinski definition) is 1. The molecule has 1 saturated heterocycles. The Bertz CT molecular complexity index is 642. The fraction of sp³-hybridized carbons (Fsp3) is 0.429. The monoisotopic (exact) mass is 351 g/mol. The molecule has 0 atom stereocenters. The highest BCUT2D eigenvalue weighted by atomic mass is 19.2. The van der Waals surface area contributed by atoms with E-state index < -0.39 is 40.9 Å². The Balaban J connectivity index is 2.07. The standard InChI is InChI=1S/C14H14F5N3O2/c1-2-24-14(23)22-5-3-7(4-6-22)20-21-13-11(18)9(16)8(15)10(17)12(13)19/h21H,2-6H2,1H3. The molecule has 132 valence electrons. The predicted octanol–water partition coefficient (Wildman–Crippen LogP) is 3.40. The van der Waals surface area contributed by atoms with Gasteiger partial charge in [0.15, 0.2) is 23.3 Å². The lowest BCUT2D eigenvalue weighted by atomic mass is 10.1. The van der Waals surface area contributed by atoms with E-state index in [4.69, 9.17) is 4.74 Å². The third kappa shape index (κ3) is 3.57. The second-order valence-electron chi connectivity index (χ2n) is 4.92. The van der Waals surface area contributed by atoms with Crippen molar-refractivity contribution in [3.05, 3.63) is 29.1 Å². The highest BCUT2D eigenvalue weighted by Gasteiger charge is 2.26. The van der Waals surface area contributed by atoms with E-state index in [0.717, 1.165) is 0 Å². The van der Waals surface area contributed by atoms with Gasteiger partial charge in [-0.25, -0.2) is 26.7 Å². The fourth-order valence-electron chi connectivity index (χ4n) is 2.11. The number of halogens is 5. The van der Waals surface area contributed by atoms with Crippen molar-refractivity contribution < 1.29 is 31.5 Å². The van der Waals surface area contributed by atoms with Crippen LogP contribution in [0.5, 0.6) is 0 Å². The first-order valence-electron chi connectivity index (χ1n) is 7.11. The van der Waals surface area contributed by atoms with Crippen LogP contribution in [0.15, 0.2) is 5.10 Å². The van der Waals surface area contributed by atoms with Crippen LogP contribution in [0, 0.1) is 29.1 Å². The predicted molar refractivity (Wildman–Crippen MR) is 75.1 cm³/mol. The van der Waals surface area contributed by atoms with Crippen molar-refractivity contribution >= 4 is 17.5 Å². The third-order valence-corrected chi connectivity index (χ3v) is 3.40. The zero-order chi connectivity index (χ0) is 17.9. The Hall–Kier alpha value is -2.39. The summed E-state index contributed by atoms with van der Waals surface area (Å²) in [5.41, 5.74) is 1.10. The van der Waals surface area contributed by atoms with Gasteiger partial charge in [0.2, 0.25) is 5.82 Å². The summed E-state index contributed by atoms with van der Waals surface area (Å²) in [4.78, 5) is 12.9. The van der Waals surface area contributed by atoms with E-state index in [1.165, 1.54) is 4.90 Å². The van der Waals surface area contributed by atoms with Gasteiger partial charge < -0.3 is 9.64 Å². The van der Waals surface area contributed by atoms with Gasteiger partial charge in [0.25, 0.3) is 0 Å². The second kappa shape index (κ2) is 7.45. The molecule has 10 heteroatoms. The zero-order valence-electron chi connectivity index (χ0n) is 12.6. The minimum atomic E-state index is -2.23. The van der Waals surface area contributed by atoms with Crippen LogP contribution in [0.3, 0.4) is 0 Å². The Morgan fingerprint density at radius 2 is 1.54 bits per heavy atom. The van der Waals surface area contributed by atoms with Crippen LogP contribution in [0.1, 0.15) is 19.8 Å². The van der Waals surface area contributed by atoms with Gasteiger partial charge in [0, 0.05) is 31.6 Å². The Morgan fingerprint density at radius 1 is 1.04 bits per heavy atom. The molecule has 1 aromatic carbocycles. The van der Waals surface area contributed by atoms with Gasteiger partial charge in [-0.1, -0.05) is 0 Å². The molecule has 1 aliphatic rings. The van der Waals surface area contributed by atoms with Crippen LogP contribution < -0.4 is 5.43 Å². The van der Waals surface area contributed by atoms with Gasteiger partial charge in [-0.15, -0.1) is 0 Å². The highest BCUT2D eigenvalue weighted by molar-refractivity contribution is 5.87. The maximum atomic E-state index is 13.5. The fourth-order valence-corrected chi connectivity index (χ4v) is 2.11. The van der Waals surface area contributed by atoms with E-state index in [1.807, 2.05) is 5.43 Å². The van der Waals surface area contributed by atoms with Gasteiger partial charge in [-0.2, -0.15) is 5.10 Å². The largest absolute Gasteiger partial charge is 0.450 e. The molecule has 0 spiro atoms. The molecule has 0 radical (unpaired) electrons. The number of nitrogens with one attached hydrogen (secondary N) is 1. The van der Waals surface area contributed by atoms with Crippen molar-refractivity contribution in [2.45, 2.75) is 19.8 Å². The minimum absolute atomic E-state index is 0.234. The van der Waals surface area contributed by atoms with Crippen molar-refractivity contribution in [2.75, 3.05) is 25.1 Å². The van der Waals surface area contributed by atoms with Crippen LogP contribution in [-0.4, -0.2) is 36.4 Å². The molecule has 0 saturated carbocycles. The Labute approximate surface area is 134 Å². The summed E-state index contributed by atoms with van der Waals surface area (Å²) in [6, 6.07) is 0. The summed E-state index contributed by atoms with van der Waals surface area (Å²) in [5.74, 6) is -10.3. The first-order chi connectivity index (χ1) is 11.4. The second-order valence-corrected chi connectivity index (χ2v) is 4.92. The quantitative estimate of drug-likeness (QED) is 0.393. The van der Waals surface area contributed by atoms with Crippen LogP contribution in [0.25, 0.3) is 0 Å². The molecular formula is C14H14F5N3O2. The number of hydrogen-bond acceptors (Lipinski definition) is 4. The molecule has 24 heavy (non-hydrogen) atoms. The lowest BCUT2D eigenvalue weighted by Crippen LogP contribution is -2.39. The number of carbonyl (C=O) groups is 1. The minimum Gasteiger partial charge on any atom is -0.450 e. The maximum Gasteiger partial charge on any atom is 0.409 e.